The van der Waals surface area contributed by atoms with Crippen LogP contribution in [0.3, 0.4) is 0 Å². The first kappa shape index (κ1) is 16.5. The molecule has 1 aliphatic heterocycles. The standard InChI is InChI=1S/C18H26N2O2/c1-3-4-10-17(21)19-11-7-12-20(14-13-19)18(22)16-9-6-5-8-15(16)2/h5-6,8-9H,3-4,7,10-14H2,1-2H3. The van der Waals surface area contributed by atoms with E-state index in [1.54, 1.807) is 0 Å². The largest absolute Gasteiger partial charge is 0.341 e. The van der Waals surface area contributed by atoms with Gasteiger partial charge in [-0.15, -0.1) is 0 Å². The lowest BCUT2D eigenvalue weighted by atomic mass is 10.1. The topological polar surface area (TPSA) is 40.6 Å². The van der Waals surface area contributed by atoms with Crippen LogP contribution in [0, 0.1) is 6.92 Å². The SMILES string of the molecule is CCCCC(=O)N1CCCN(C(=O)c2ccccc2C)CC1. The Morgan fingerprint density at radius 1 is 1.05 bits per heavy atom. The predicted molar refractivity (Wildman–Crippen MR) is 87.8 cm³/mol. The quantitative estimate of drug-likeness (QED) is 0.858. The van der Waals surface area contributed by atoms with Crippen molar-refractivity contribution in [2.24, 2.45) is 0 Å². The summed E-state index contributed by atoms with van der Waals surface area (Å²) in [6.07, 6.45) is 3.47. The van der Waals surface area contributed by atoms with Crippen LogP contribution in [-0.2, 0) is 4.79 Å². The zero-order valence-electron chi connectivity index (χ0n) is 13.7. The Bertz CT molecular complexity index is 528. The molecule has 0 aromatic heterocycles. The number of rotatable bonds is 4. The van der Waals surface area contributed by atoms with Crippen LogP contribution in [0.5, 0.6) is 0 Å². The molecule has 2 rings (SSSR count). The second kappa shape index (κ2) is 7.97. The van der Waals surface area contributed by atoms with Crippen molar-refractivity contribution in [3.05, 3.63) is 35.4 Å². The van der Waals surface area contributed by atoms with Gasteiger partial charge >= 0.3 is 0 Å². The molecular formula is C18H26N2O2. The van der Waals surface area contributed by atoms with Gasteiger partial charge in [0, 0.05) is 38.2 Å². The van der Waals surface area contributed by atoms with Gasteiger partial charge in [0.2, 0.25) is 5.91 Å². The first-order chi connectivity index (χ1) is 10.6. The molecule has 0 saturated carbocycles. The highest BCUT2D eigenvalue weighted by atomic mass is 16.2. The van der Waals surface area contributed by atoms with Crippen molar-refractivity contribution in [1.82, 2.24) is 9.80 Å². The van der Waals surface area contributed by atoms with Crippen molar-refractivity contribution in [2.45, 2.75) is 39.5 Å². The molecule has 1 heterocycles. The van der Waals surface area contributed by atoms with E-state index in [1.807, 2.05) is 41.0 Å². The number of carbonyl (C=O) groups excluding carboxylic acids is 2. The minimum absolute atomic E-state index is 0.0842. The van der Waals surface area contributed by atoms with Gasteiger partial charge in [0.15, 0.2) is 0 Å². The van der Waals surface area contributed by atoms with Gasteiger partial charge in [-0.1, -0.05) is 31.5 Å². The summed E-state index contributed by atoms with van der Waals surface area (Å²) in [5.74, 6) is 0.313. The summed E-state index contributed by atoms with van der Waals surface area (Å²) in [4.78, 5) is 28.6. The summed E-state index contributed by atoms with van der Waals surface area (Å²) in [6.45, 7) is 6.83. The number of amides is 2. The fraction of sp³-hybridized carbons (Fsp3) is 0.556. The van der Waals surface area contributed by atoms with Gasteiger partial charge in [-0.25, -0.2) is 0 Å². The molecule has 2 amide bonds. The smallest absolute Gasteiger partial charge is 0.254 e. The zero-order valence-corrected chi connectivity index (χ0v) is 13.7. The van der Waals surface area contributed by atoms with Gasteiger partial charge < -0.3 is 9.80 Å². The molecule has 0 spiro atoms. The van der Waals surface area contributed by atoms with Crippen molar-refractivity contribution in [1.29, 1.82) is 0 Å². The fourth-order valence-corrected chi connectivity index (χ4v) is 2.84. The third kappa shape index (κ3) is 4.09. The molecule has 1 aromatic rings. The Labute approximate surface area is 133 Å². The predicted octanol–water partition coefficient (Wildman–Crippen LogP) is 2.86. The summed E-state index contributed by atoms with van der Waals surface area (Å²) in [6, 6.07) is 7.69. The van der Waals surface area contributed by atoms with Crippen LogP contribution in [0.2, 0.25) is 0 Å². The van der Waals surface area contributed by atoms with E-state index in [0.717, 1.165) is 43.5 Å². The summed E-state index contributed by atoms with van der Waals surface area (Å²) < 4.78 is 0. The van der Waals surface area contributed by atoms with Crippen LogP contribution in [0.15, 0.2) is 24.3 Å². The minimum atomic E-state index is 0.0842. The van der Waals surface area contributed by atoms with Crippen molar-refractivity contribution >= 4 is 11.8 Å². The molecule has 0 bridgehead atoms. The van der Waals surface area contributed by atoms with E-state index in [0.29, 0.717) is 19.5 Å². The molecule has 0 aliphatic carbocycles. The number of unbranched alkanes of at least 4 members (excludes halogenated alkanes) is 1. The average molecular weight is 302 g/mol. The van der Waals surface area contributed by atoms with E-state index in [4.69, 9.17) is 0 Å². The second-order valence-electron chi connectivity index (χ2n) is 5.95. The van der Waals surface area contributed by atoms with E-state index < -0.39 is 0 Å². The maximum absolute atomic E-state index is 12.6. The minimum Gasteiger partial charge on any atom is -0.341 e. The Kier molecular flexibility index (Phi) is 5.99. The monoisotopic (exact) mass is 302 g/mol. The highest BCUT2D eigenvalue weighted by molar-refractivity contribution is 5.95. The summed E-state index contributed by atoms with van der Waals surface area (Å²) in [5, 5.41) is 0. The molecule has 0 radical (unpaired) electrons. The molecule has 4 heteroatoms. The van der Waals surface area contributed by atoms with Crippen LogP contribution < -0.4 is 0 Å². The summed E-state index contributed by atoms with van der Waals surface area (Å²) >= 11 is 0. The lowest BCUT2D eigenvalue weighted by molar-refractivity contribution is -0.131. The molecule has 0 atom stereocenters. The van der Waals surface area contributed by atoms with Crippen LogP contribution in [0.25, 0.3) is 0 Å². The van der Waals surface area contributed by atoms with Crippen LogP contribution >= 0.6 is 0 Å². The Balaban J connectivity index is 1.97. The maximum atomic E-state index is 12.6. The average Bonchev–Trinajstić information content (AvgIpc) is 2.78. The fourth-order valence-electron chi connectivity index (χ4n) is 2.84. The third-order valence-corrected chi connectivity index (χ3v) is 4.26. The molecule has 1 aliphatic rings. The van der Waals surface area contributed by atoms with Gasteiger partial charge in [0.25, 0.3) is 5.91 Å². The Morgan fingerprint density at radius 2 is 1.73 bits per heavy atom. The Morgan fingerprint density at radius 3 is 2.45 bits per heavy atom. The number of benzene rings is 1. The second-order valence-corrected chi connectivity index (χ2v) is 5.95. The van der Waals surface area contributed by atoms with E-state index in [2.05, 4.69) is 6.92 Å². The molecule has 0 N–H and O–H groups in total. The molecule has 0 unspecified atom stereocenters. The number of carbonyl (C=O) groups is 2. The molecule has 1 saturated heterocycles. The van der Waals surface area contributed by atoms with Crippen LogP contribution in [-0.4, -0.2) is 47.8 Å². The number of hydrogen-bond donors (Lipinski definition) is 0. The molecule has 4 nitrogen and oxygen atoms in total. The van der Waals surface area contributed by atoms with Crippen molar-refractivity contribution in [2.75, 3.05) is 26.2 Å². The first-order valence-corrected chi connectivity index (χ1v) is 8.26. The first-order valence-electron chi connectivity index (χ1n) is 8.26. The lowest BCUT2D eigenvalue weighted by Gasteiger charge is -2.23. The highest BCUT2D eigenvalue weighted by Crippen LogP contribution is 2.13. The number of aryl methyl sites for hydroxylation is 1. The molecule has 22 heavy (non-hydrogen) atoms. The van der Waals surface area contributed by atoms with Crippen LogP contribution in [0.4, 0.5) is 0 Å². The molecule has 1 fully saturated rings. The summed E-state index contributed by atoms with van der Waals surface area (Å²) in [7, 11) is 0. The number of nitrogens with zero attached hydrogens (tertiary/aromatic N) is 2. The highest BCUT2D eigenvalue weighted by Gasteiger charge is 2.23. The molecule has 120 valence electrons. The van der Waals surface area contributed by atoms with Gasteiger partial charge in [-0.2, -0.15) is 0 Å². The molecular weight excluding hydrogens is 276 g/mol. The van der Waals surface area contributed by atoms with E-state index in [-0.39, 0.29) is 11.8 Å². The van der Waals surface area contributed by atoms with Gasteiger partial charge in [-0.3, -0.25) is 9.59 Å². The normalized spacial score (nSPS) is 15.5. The van der Waals surface area contributed by atoms with E-state index in [9.17, 15) is 9.59 Å². The van der Waals surface area contributed by atoms with E-state index >= 15 is 0 Å². The van der Waals surface area contributed by atoms with E-state index in [1.165, 1.54) is 0 Å². The Hall–Kier alpha value is -1.84. The van der Waals surface area contributed by atoms with Crippen molar-refractivity contribution in [3.8, 4) is 0 Å². The lowest BCUT2D eigenvalue weighted by Crippen LogP contribution is -2.37. The van der Waals surface area contributed by atoms with Crippen LogP contribution in [0.1, 0.15) is 48.5 Å². The van der Waals surface area contributed by atoms with Gasteiger partial charge in [-0.05, 0) is 31.4 Å². The zero-order chi connectivity index (χ0) is 15.9. The van der Waals surface area contributed by atoms with Gasteiger partial charge in [0.05, 0.1) is 0 Å². The van der Waals surface area contributed by atoms with Crippen molar-refractivity contribution in [3.63, 3.8) is 0 Å². The maximum Gasteiger partial charge on any atom is 0.254 e. The van der Waals surface area contributed by atoms with Gasteiger partial charge in [0.1, 0.15) is 0 Å². The third-order valence-electron chi connectivity index (χ3n) is 4.26. The molecule has 1 aromatic carbocycles. The van der Waals surface area contributed by atoms with Crippen molar-refractivity contribution < 1.29 is 9.59 Å². The summed E-state index contributed by atoms with van der Waals surface area (Å²) in [5.41, 5.74) is 1.78. The number of hydrogen-bond acceptors (Lipinski definition) is 2.